The second-order valence-corrected chi connectivity index (χ2v) is 7.01. The predicted octanol–water partition coefficient (Wildman–Crippen LogP) is 3.69. The van der Waals surface area contributed by atoms with Crippen LogP contribution in [0.2, 0.25) is 0 Å². The molecule has 0 radical (unpaired) electrons. The quantitative estimate of drug-likeness (QED) is 0.231. The van der Waals surface area contributed by atoms with Crippen LogP contribution < -0.4 is 10.6 Å². The summed E-state index contributed by atoms with van der Waals surface area (Å²) in [6.07, 6.45) is 5.87. The molecule has 0 saturated heterocycles. The van der Waals surface area contributed by atoms with E-state index in [1.807, 2.05) is 25.3 Å². The van der Waals surface area contributed by atoms with Gasteiger partial charge in [0.2, 0.25) is 0 Å². The minimum absolute atomic E-state index is 0. The molecule has 0 bridgehead atoms. The molecule has 1 aromatic carbocycles. The summed E-state index contributed by atoms with van der Waals surface area (Å²) in [7, 11) is 0. The van der Waals surface area contributed by atoms with Gasteiger partial charge in [0.05, 0.1) is 12.7 Å². The molecular formula is C20H29FIN5. The lowest BCUT2D eigenvalue weighted by Crippen LogP contribution is -2.38. The third-order valence-electron chi connectivity index (χ3n) is 5.03. The van der Waals surface area contributed by atoms with Crippen molar-refractivity contribution in [2.24, 2.45) is 4.99 Å². The number of rotatable bonds is 8. The number of hydrogen-bond donors (Lipinski definition) is 3. The number of nitrogens with one attached hydrogen (secondary N) is 3. The van der Waals surface area contributed by atoms with Crippen LogP contribution in [0.25, 0.3) is 0 Å². The summed E-state index contributed by atoms with van der Waals surface area (Å²) < 4.78 is 14.1. The molecule has 2 aromatic rings. The molecule has 1 heterocycles. The van der Waals surface area contributed by atoms with E-state index < -0.39 is 0 Å². The Bertz CT molecular complexity index is 754. The Morgan fingerprint density at radius 1 is 1.30 bits per heavy atom. The van der Waals surface area contributed by atoms with Gasteiger partial charge in [-0.15, -0.1) is 24.0 Å². The molecular weight excluding hydrogens is 456 g/mol. The van der Waals surface area contributed by atoms with Gasteiger partial charge in [-0.05, 0) is 56.7 Å². The van der Waals surface area contributed by atoms with Crippen molar-refractivity contribution >= 4 is 29.9 Å². The molecule has 0 spiro atoms. The van der Waals surface area contributed by atoms with Crippen LogP contribution >= 0.6 is 24.0 Å². The average molecular weight is 485 g/mol. The number of halogens is 2. The number of aromatic amines is 1. The first-order valence-electron chi connectivity index (χ1n) is 9.41. The molecule has 1 aromatic heterocycles. The predicted molar refractivity (Wildman–Crippen MR) is 118 cm³/mol. The van der Waals surface area contributed by atoms with Gasteiger partial charge in [0.15, 0.2) is 5.96 Å². The molecule has 1 aliphatic rings. The maximum absolute atomic E-state index is 14.1. The van der Waals surface area contributed by atoms with Crippen molar-refractivity contribution in [1.82, 2.24) is 20.8 Å². The molecule has 27 heavy (non-hydrogen) atoms. The van der Waals surface area contributed by atoms with E-state index in [1.54, 1.807) is 12.1 Å². The van der Waals surface area contributed by atoms with Crippen LogP contribution in [0.1, 0.15) is 43.0 Å². The van der Waals surface area contributed by atoms with Crippen molar-refractivity contribution in [2.45, 2.75) is 44.9 Å². The summed E-state index contributed by atoms with van der Waals surface area (Å²) >= 11 is 0. The minimum Gasteiger partial charge on any atom is -0.357 e. The van der Waals surface area contributed by atoms with Gasteiger partial charge in [0.1, 0.15) is 5.82 Å². The van der Waals surface area contributed by atoms with Crippen molar-refractivity contribution in [2.75, 3.05) is 19.6 Å². The lowest BCUT2D eigenvalue weighted by molar-refractivity contribution is 0.572. The molecule has 0 aliphatic heterocycles. The molecule has 3 N–H and O–H groups in total. The molecule has 7 heteroatoms. The van der Waals surface area contributed by atoms with Crippen LogP contribution in [0.5, 0.6) is 0 Å². The molecule has 1 aliphatic carbocycles. The summed E-state index contributed by atoms with van der Waals surface area (Å²) in [5.41, 5.74) is 3.06. The molecule has 3 rings (SSSR count). The maximum atomic E-state index is 14.1. The molecule has 0 atom stereocenters. The van der Waals surface area contributed by atoms with E-state index >= 15 is 0 Å². The standard InChI is InChI=1S/C20H28FN5.HI/c1-3-22-19(23-12-6-7-16-13-25-26-15(16)2)24-14-20(10-11-20)17-8-4-5-9-18(17)21;/h4-5,8-9,13H,3,6-7,10-12,14H2,1-2H3,(H,25,26)(H2,22,23,24);1H. The number of guanidine groups is 1. The second kappa shape index (κ2) is 10.1. The summed E-state index contributed by atoms with van der Waals surface area (Å²) in [6.45, 7) is 6.35. The number of aliphatic imine (C=N–C) groups is 1. The first-order chi connectivity index (χ1) is 12.6. The normalized spacial score (nSPS) is 15.1. The van der Waals surface area contributed by atoms with Gasteiger partial charge in [-0.25, -0.2) is 4.39 Å². The minimum atomic E-state index is -0.123. The highest BCUT2D eigenvalue weighted by molar-refractivity contribution is 14.0. The Morgan fingerprint density at radius 3 is 2.70 bits per heavy atom. The van der Waals surface area contributed by atoms with Crippen LogP contribution in [0, 0.1) is 12.7 Å². The molecule has 0 unspecified atom stereocenters. The van der Waals surface area contributed by atoms with Crippen molar-refractivity contribution in [1.29, 1.82) is 0 Å². The smallest absolute Gasteiger partial charge is 0.191 e. The van der Waals surface area contributed by atoms with Gasteiger partial charge in [0, 0.05) is 24.2 Å². The third-order valence-corrected chi connectivity index (χ3v) is 5.03. The highest BCUT2D eigenvalue weighted by atomic mass is 127. The number of H-pyrrole nitrogens is 1. The Labute approximate surface area is 177 Å². The third kappa shape index (κ3) is 5.67. The average Bonchev–Trinajstić information content (AvgIpc) is 3.32. The maximum Gasteiger partial charge on any atom is 0.191 e. The van der Waals surface area contributed by atoms with Gasteiger partial charge >= 0.3 is 0 Å². The molecule has 5 nitrogen and oxygen atoms in total. The number of aromatic nitrogens is 2. The van der Waals surface area contributed by atoms with Gasteiger partial charge in [-0.3, -0.25) is 10.1 Å². The molecule has 148 valence electrons. The van der Waals surface area contributed by atoms with Crippen molar-refractivity contribution in [3.8, 4) is 0 Å². The summed E-state index contributed by atoms with van der Waals surface area (Å²) in [5, 5.41) is 13.7. The van der Waals surface area contributed by atoms with Crippen molar-refractivity contribution in [3.05, 3.63) is 53.1 Å². The number of hydrogen-bond acceptors (Lipinski definition) is 2. The van der Waals surface area contributed by atoms with Crippen LogP contribution in [0.3, 0.4) is 0 Å². The van der Waals surface area contributed by atoms with Crippen LogP contribution in [0.4, 0.5) is 4.39 Å². The first kappa shape index (κ1) is 21.7. The topological polar surface area (TPSA) is 65.1 Å². The highest BCUT2D eigenvalue weighted by Gasteiger charge is 2.45. The fourth-order valence-corrected chi connectivity index (χ4v) is 3.24. The van der Waals surface area contributed by atoms with Gasteiger partial charge < -0.3 is 10.6 Å². The zero-order chi connectivity index (χ0) is 18.4. The number of aryl methyl sites for hydroxylation is 2. The number of benzene rings is 1. The van der Waals surface area contributed by atoms with Crippen LogP contribution in [-0.2, 0) is 11.8 Å². The van der Waals surface area contributed by atoms with E-state index in [1.165, 1.54) is 5.56 Å². The second-order valence-electron chi connectivity index (χ2n) is 7.01. The Morgan fingerprint density at radius 2 is 2.07 bits per heavy atom. The number of nitrogens with zero attached hydrogens (tertiary/aromatic N) is 2. The lowest BCUT2D eigenvalue weighted by atomic mass is 9.95. The van der Waals surface area contributed by atoms with E-state index in [4.69, 9.17) is 4.99 Å². The largest absolute Gasteiger partial charge is 0.357 e. The Hall–Kier alpha value is -1.64. The molecule has 1 saturated carbocycles. The Kier molecular flexibility index (Phi) is 8.07. The summed E-state index contributed by atoms with van der Waals surface area (Å²) in [5.74, 6) is 0.688. The first-order valence-corrected chi connectivity index (χ1v) is 9.41. The van der Waals surface area contributed by atoms with Crippen molar-refractivity contribution < 1.29 is 4.39 Å². The van der Waals surface area contributed by atoms with E-state index in [0.717, 1.165) is 56.0 Å². The van der Waals surface area contributed by atoms with Crippen LogP contribution in [0.15, 0.2) is 35.5 Å². The van der Waals surface area contributed by atoms with Crippen molar-refractivity contribution in [3.63, 3.8) is 0 Å². The Balaban J connectivity index is 0.00000261. The molecule has 1 fully saturated rings. The fraction of sp³-hybridized carbons (Fsp3) is 0.500. The van der Waals surface area contributed by atoms with Gasteiger partial charge in [0.25, 0.3) is 0 Å². The van der Waals surface area contributed by atoms with Gasteiger partial charge in [-0.1, -0.05) is 18.2 Å². The summed E-state index contributed by atoms with van der Waals surface area (Å²) in [4.78, 5) is 4.73. The lowest BCUT2D eigenvalue weighted by Gasteiger charge is -2.16. The van der Waals surface area contributed by atoms with Crippen LogP contribution in [-0.4, -0.2) is 35.8 Å². The zero-order valence-corrected chi connectivity index (χ0v) is 18.3. The van der Waals surface area contributed by atoms with E-state index in [0.29, 0.717) is 6.54 Å². The van der Waals surface area contributed by atoms with Gasteiger partial charge in [-0.2, -0.15) is 5.10 Å². The highest BCUT2D eigenvalue weighted by Crippen LogP contribution is 2.49. The summed E-state index contributed by atoms with van der Waals surface area (Å²) in [6, 6.07) is 7.08. The monoisotopic (exact) mass is 485 g/mol. The fourth-order valence-electron chi connectivity index (χ4n) is 3.24. The van der Waals surface area contributed by atoms with E-state index in [-0.39, 0.29) is 35.2 Å². The zero-order valence-electron chi connectivity index (χ0n) is 16.0. The van der Waals surface area contributed by atoms with E-state index in [9.17, 15) is 4.39 Å². The van der Waals surface area contributed by atoms with E-state index in [2.05, 4.69) is 27.8 Å². The molecule has 0 amide bonds. The SMILES string of the molecule is CCNC(=NCC1(c2ccccc2F)CC1)NCCCc1cn[nH]c1C.I.